The molecular formula is C13H17IN2O3. The van der Waals surface area contributed by atoms with Crippen LogP contribution in [0.3, 0.4) is 0 Å². The molecule has 0 radical (unpaired) electrons. The van der Waals surface area contributed by atoms with Gasteiger partial charge in [0.05, 0.1) is 6.21 Å². The fourth-order valence-electron chi connectivity index (χ4n) is 1.32. The number of phenols is 1. The van der Waals surface area contributed by atoms with Crippen LogP contribution in [-0.2, 0) is 4.74 Å². The first-order chi connectivity index (χ1) is 8.69. The van der Waals surface area contributed by atoms with Crippen molar-refractivity contribution in [1.29, 1.82) is 0 Å². The second-order valence-corrected chi connectivity index (χ2v) is 6.28. The van der Waals surface area contributed by atoms with Gasteiger partial charge < -0.3 is 9.84 Å². The number of hydrogen-bond donors (Lipinski definition) is 2. The molecule has 0 bridgehead atoms. The molecular weight excluding hydrogens is 359 g/mol. The van der Waals surface area contributed by atoms with E-state index in [9.17, 15) is 9.90 Å². The molecule has 5 nitrogen and oxygen atoms in total. The van der Waals surface area contributed by atoms with Crippen molar-refractivity contribution in [3.63, 3.8) is 0 Å². The number of hydrogen-bond acceptors (Lipinski definition) is 4. The van der Waals surface area contributed by atoms with Crippen LogP contribution in [0.5, 0.6) is 5.75 Å². The normalized spacial score (nSPS) is 11.6. The highest BCUT2D eigenvalue weighted by atomic mass is 127. The first kappa shape index (κ1) is 15.7. The van der Waals surface area contributed by atoms with Crippen molar-refractivity contribution < 1.29 is 14.6 Å². The lowest BCUT2D eigenvalue weighted by Gasteiger charge is -2.18. The lowest BCUT2D eigenvalue weighted by Crippen LogP contribution is -2.29. The molecule has 0 atom stereocenters. The van der Waals surface area contributed by atoms with Gasteiger partial charge in [-0.3, -0.25) is 0 Å². The zero-order valence-corrected chi connectivity index (χ0v) is 13.5. The second kappa shape index (κ2) is 6.23. The van der Waals surface area contributed by atoms with Gasteiger partial charge in [0.1, 0.15) is 11.4 Å². The van der Waals surface area contributed by atoms with Crippen LogP contribution >= 0.6 is 22.6 Å². The van der Waals surface area contributed by atoms with Crippen molar-refractivity contribution in [3.05, 3.63) is 26.8 Å². The Bertz CT molecular complexity index is 507. The van der Waals surface area contributed by atoms with Crippen LogP contribution in [-0.4, -0.2) is 23.0 Å². The molecule has 1 aromatic carbocycles. The molecule has 0 aliphatic heterocycles. The summed E-state index contributed by atoms with van der Waals surface area (Å²) >= 11 is 2.15. The van der Waals surface area contributed by atoms with Crippen LogP contribution in [0.15, 0.2) is 17.2 Å². The third-order valence-corrected chi connectivity index (χ3v) is 2.68. The minimum atomic E-state index is -0.634. The van der Waals surface area contributed by atoms with Crippen molar-refractivity contribution in [2.45, 2.75) is 33.3 Å². The van der Waals surface area contributed by atoms with Gasteiger partial charge in [-0.15, -0.1) is 0 Å². The highest BCUT2D eigenvalue weighted by Crippen LogP contribution is 2.23. The molecule has 2 N–H and O–H groups in total. The average Bonchev–Trinajstić information content (AvgIpc) is 2.22. The Morgan fingerprint density at radius 3 is 2.68 bits per heavy atom. The maximum absolute atomic E-state index is 11.4. The molecule has 0 aliphatic rings. The first-order valence-electron chi connectivity index (χ1n) is 5.70. The van der Waals surface area contributed by atoms with Gasteiger partial charge in [0.15, 0.2) is 0 Å². The van der Waals surface area contributed by atoms with Gasteiger partial charge in [-0.25, -0.2) is 10.2 Å². The van der Waals surface area contributed by atoms with E-state index < -0.39 is 11.7 Å². The summed E-state index contributed by atoms with van der Waals surface area (Å²) in [6.45, 7) is 7.11. The number of aromatic hydroxyl groups is 1. The minimum absolute atomic E-state index is 0.148. The summed E-state index contributed by atoms with van der Waals surface area (Å²) in [7, 11) is 0. The van der Waals surface area contributed by atoms with E-state index in [0.717, 1.165) is 9.13 Å². The van der Waals surface area contributed by atoms with E-state index in [0.29, 0.717) is 5.56 Å². The lowest BCUT2D eigenvalue weighted by atomic mass is 10.1. The fraction of sp³-hybridized carbons (Fsp3) is 0.385. The number of rotatable bonds is 2. The number of hydrazone groups is 1. The molecule has 0 saturated carbocycles. The molecule has 1 amide bonds. The first-order valence-corrected chi connectivity index (χ1v) is 6.78. The van der Waals surface area contributed by atoms with Crippen molar-refractivity contribution >= 4 is 34.9 Å². The third kappa shape index (κ3) is 5.46. The topological polar surface area (TPSA) is 70.9 Å². The van der Waals surface area contributed by atoms with Gasteiger partial charge in [0.2, 0.25) is 0 Å². The van der Waals surface area contributed by atoms with Crippen LogP contribution in [0.4, 0.5) is 4.79 Å². The van der Waals surface area contributed by atoms with Gasteiger partial charge in [-0.2, -0.15) is 5.10 Å². The van der Waals surface area contributed by atoms with Crippen molar-refractivity contribution in [2.24, 2.45) is 5.10 Å². The Hall–Kier alpha value is -1.31. The predicted molar refractivity (Wildman–Crippen MR) is 82.5 cm³/mol. The molecule has 0 aliphatic carbocycles. The van der Waals surface area contributed by atoms with E-state index in [4.69, 9.17) is 4.74 Å². The zero-order valence-electron chi connectivity index (χ0n) is 11.3. The van der Waals surface area contributed by atoms with Crippen molar-refractivity contribution in [1.82, 2.24) is 5.43 Å². The van der Waals surface area contributed by atoms with E-state index in [1.807, 2.05) is 6.07 Å². The van der Waals surface area contributed by atoms with Crippen LogP contribution in [0, 0.1) is 10.5 Å². The monoisotopic (exact) mass is 376 g/mol. The molecule has 1 rings (SSSR count). The van der Waals surface area contributed by atoms with E-state index in [1.54, 1.807) is 33.8 Å². The maximum Gasteiger partial charge on any atom is 0.428 e. The van der Waals surface area contributed by atoms with Crippen molar-refractivity contribution in [2.75, 3.05) is 0 Å². The average molecular weight is 376 g/mol. The molecule has 0 saturated heterocycles. The molecule has 0 fully saturated rings. The number of aryl methyl sites for hydroxylation is 1. The van der Waals surface area contributed by atoms with E-state index >= 15 is 0 Å². The number of benzene rings is 1. The number of halogens is 1. The Labute approximate surface area is 126 Å². The van der Waals surface area contributed by atoms with Crippen LogP contribution in [0.1, 0.15) is 31.9 Å². The SMILES string of the molecule is Cc1cc(I)cc(/C=N/NC(=O)OC(C)(C)C)c1O. The number of nitrogens with one attached hydrogen (secondary N) is 1. The zero-order chi connectivity index (χ0) is 14.6. The van der Waals surface area contributed by atoms with E-state index in [-0.39, 0.29) is 5.75 Å². The molecule has 19 heavy (non-hydrogen) atoms. The smallest absolute Gasteiger partial charge is 0.428 e. The summed E-state index contributed by atoms with van der Waals surface area (Å²) < 4.78 is 6.00. The van der Waals surface area contributed by atoms with Gasteiger partial charge >= 0.3 is 6.09 Å². The van der Waals surface area contributed by atoms with Crippen LogP contribution < -0.4 is 5.43 Å². The maximum atomic E-state index is 11.4. The second-order valence-electron chi connectivity index (χ2n) is 5.03. The van der Waals surface area contributed by atoms with Gasteiger partial charge in [-0.1, -0.05) is 0 Å². The molecule has 1 aromatic rings. The van der Waals surface area contributed by atoms with Crippen LogP contribution in [0.2, 0.25) is 0 Å². The highest BCUT2D eigenvalue weighted by Gasteiger charge is 2.15. The summed E-state index contributed by atoms with van der Waals surface area (Å²) in [5.41, 5.74) is 2.98. The number of nitrogens with zero attached hydrogens (tertiary/aromatic N) is 1. The number of carbonyl (C=O) groups excluding carboxylic acids is 1. The summed E-state index contributed by atoms with van der Waals surface area (Å²) in [4.78, 5) is 11.4. The van der Waals surface area contributed by atoms with Crippen LogP contribution in [0.25, 0.3) is 0 Å². The largest absolute Gasteiger partial charge is 0.507 e. The Balaban J connectivity index is 2.71. The highest BCUT2D eigenvalue weighted by molar-refractivity contribution is 14.1. The summed E-state index contributed by atoms with van der Waals surface area (Å²) in [6.07, 6.45) is 0.750. The Morgan fingerprint density at radius 2 is 2.11 bits per heavy atom. The Kier molecular flexibility index (Phi) is 5.16. The van der Waals surface area contributed by atoms with Crippen molar-refractivity contribution in [3.8, 4) is 5.75 Å². The molecule has 6 heteroatoms. The molecule has 0 spiro atoms. The predicted octanol–water partition coefficient (Wildman–Crippen LogP) is 3.16. The van der Waals surface area contributed by atoms with Gasteiger partial charge in [0.25, 0.3) is 0 Å². The number of amides is 1. The quantitative estimate of drug-likeness (QED) is 0.473. The Morgan fingerprint density at radius 1 is 1.47 bits per heavy atom. The molecule has 0 aromatic heterocycles. The molecule has 104 valence electrons. The number of ether oxygens (including phenoxy) is 1. The third-order valence-electron chi connectivity index (χ3n) is 2.05. The summed E-state index contributed by atoms with van der Waals surface area (Å²) in [5.74, 6) is 0.148. The standard InChI is InChI=1S/C13H17IN2O3/c1-8-5-10(14)6-9(11(8)17)7-15-16-12(18)19-13(2,3)4/h5-7,17H,1-4H3,(H,16,18)/b15-7+. The minimum Gasteiger partial charge on any atom is -0.507 e. The summed E-state index contributed by atoms with van der Waals surface area (Å²) in [5, 5.41) is 13.6. The van der Waals surface area contributed by atoms with E-state index in [1.165, 1.54) is 6.21 Å². The van der Waals surface area contributed by atoms with E-state index in [2.05, 4.69) is 33.1 Å². The van der Waals surface area contributed by atoms with Gasteiger partial charge in [-0.05, 0) is 68.0 Å². The van der Waals surface area contributed by atoms with Gasteiger partial charge in [0, 0.05) is 9.13 Å². The summed E-state index contributed by atoms with van der Waals surface area (Å²) in [6, 6.07) is 3.62. The lowest BCUT2D eigenvalue weighted by molar-refractivity contribution is 0.0529. The molecule has 0 unspecified atom stereocenters. The fourth-order valence-corrected chi connectivity index (χ4v) is 2.12. The number of carbonyl (C=O) groups is 1. The number of phenolic OH excluding ortho intramolecular Hbond substituents is 1. The molecule has 0 heterocycles.